The van der Waals surface area contributed by atoms with Crippen LogP contribution in [0, 0.1) is 18.3 Å². The fourth-order valence-electron chi connectivity index (χ4n) is 2.06. The summed E-state index contributed by atoms with van der Waals surface area (Å²) in [5.74, 6) is 3.63. The molecule has 2 nitrogen and oxygen atoms in total. The summed E-state index contributed by atoms with van der Waals surface area (Å²) in [4.78, 5) is 2.22. The van der Waals surface area contributed by atoms with E-state index in [9.17, 15) is 0 Å². The Morgan fingerprint density at radius 3 is 2.79 bits per heavy atom. The Bertz CT molecular complexity index is 177. The van der Waals surface area contributed by atoms with E-state index in [4.69, 9.17) is 6.42 Å². The highest BCUT2D eigenvalue weighted by Gasteiger charge is 2.12. The molecule has 0 bridgehead atoms. The van der Waals surface area contributed by atoms with Crippen LogP contribution in [0.15, 0.2) is 0 Å². The number of terminal acetylenes is 1. The lowest BCUT2D eigenvalue weighted by Crippen LogP contribution is -2.28. The van der Waals surface area contributed by atoms with Gasteiger partial charge in [-0.2, -0.15) is 0 Å². The zero-order valence-corrected chi connectivity index (χ0v) is 9.26. The van der Waals surface area contributed by atoms with Crippen LogP contribution >= 0.6 is 0 Å². The fourth-order valence-corrected chi connectivity index (χ4v) is 2.06. The number of piperidine rings is 1. The zero-order chi connectivity index (χ0) is 10.2. The van der Waals surface area contributed by atoms with Crippen molar-refractivity contribution in [3.05, 3.63) is 0 Å². The predicted octanol–water partition coefficient (Wildman–Crippen LogP) is 1.33. The minimum Gasteiger partial charge on any atom is -0.317 e. The van der Waals surface area contributed by atoms with Gasteiger partial charge in [0.2, 0.25) is 0 Å². The van der Waals surface area contributed by atoms with Crippen molar-refractivity contribution in [1.29, 1.82) is 0 Å². The number of hydrogen-bond acceptors (Lipinski definition) is 2. The van der Waals surface area contributed by atoms with Gasteiger partial charge < -0.3 is 5.32 Å². The second kappa shape index (κ2) is 6.86. The quantitative estimate of drug-likeness (QED) is 0.664. The molecule has 1 heterocycles. The number of nitrogens with one attached hydrogen (secondary N) is 1. The molecular formula is C12H22N2. The van der Waals surface area contributed by atoms with Gasteiger partial charge in [-0.1, -0.05) is 5.92 Å². The highest BCUT2D eigenvalue weighted by atomic mass is 15.1. The van der Waals surface area contributed by atoms with E-state index in [1.54, 1.807) is 0 Å². The van der Waals surface area contributed by atoms with Crippen LogP contribution in [0.5, 0.6) is 0 Å². The van der Waals surface area contributed by atoms with Gasteiger partial charge in [-0.15, -0.1) is 6.42 Å². The molecule has 2 heteroatoms. The highest BCUT2D eigenvalue weighted by molar-refractivity contribution is 4.87. The van der Waals surface area contributed by atoms with Crippen LogP contribution in [0.4, 0.5) is 0 Å². The fraction of sp³-hybridized carbons (Fsp3) is 0.833. The average Bonchev–Trinajstić information content (AvgIpc) is 2.20. The Labute approximate surface area is 88.1 Å². The summed E-state index contributed by atoms with van der Waals surface area (Å²) in [6.45, 7) is 4.36. The van der Waals surface area contributed by atoms with Gasteiger partial charge in [0.1, 0.15) is 0 Å². The lowest BCUT2D eigenvalue weighted by molar-refractivity contribution is 0.308. The monoisotopic (exact) mass is 194 g/mol. The molecule has 0 unspecified atom stereocenters. The first-order valence-electron chi connectivity index (χ1n) is 5.65. The third kappa shape index (κ3) is 4.64. The molecule has 1 fully saturated rings. The Morgan fingerprint density at radius 1 is 1.43 bits per heavy atom. The van der Waals surface area contributed by atoms with E-state index in [1.807, 2.05) is 0 Å². The summed E-state index contributed by atoms with van der Waals surface area (Å²) in [5, 5.41) is 3.40. The second-order valence-corrected chi connectivity index (χ2v) is 4.28. The van der Waals surface area contributed by atoms with E-state index >= 15 is 0 Å². The second-order valence-electron chi connectivity index (χ2n) is 4.28. The van der Waals surface area contributed by atoms with E-state index in [2.05, 4.69) is 23.2 Å². The lowest BCUT2D eigenvalue weighted by atomic mass is 9.93. The molecule has 0 aliphatic carbocycles. The van der Waals surface area contributed by atoms with E-state index < -0.39 is 0 Å². The summed E-state index contributed by atoms with van der Waals surface area (Å²) in [6.07, 6.45) is 10.6. The minimum absolute atomic E-state index is 0.784. The lowest BCUT2D eigenvalue weighted by Gasteiger charge is -2.23. The van der Waals surface area contributed by atoms with Crippen LogP contribution in [-0.4, -0.2) is 38.1 Å². The van der Waals surface area contributed by atoms with Gasteiger partial charge in [-0.05, 0) is 58.3 Å². The molecule has 0 aromatic carbocycles. The van der Waals surface area contributed by atoms with E-state index in [0.717, 1.165) is 19.0 Å². The largest absolute Gasteiger partial charge is 0.317 e. The van der Waals surface area contributed by atoms with Gasteiger partial charge in [0.05, 0.1) is 6.54 Å². The third-order valence-electron chi connectivity index (χ3n) is 2.97. The summed E-state index contributed by atoms with van der Waals surface area (Å²) < 4.78 is 0. The van der Waals surface area contributed by atoms with Crippen LogP contribution in [0.1, 0.15) is 25.7 Å². The van der Waals surface area contributed by atoms with Gasteiger partial charge >= 0.3 is 0 Å². The Hall–Kier alpha value is -0.520. The normalized spacial score (nSPS) is 18.4. The maximum atomic E-state index is 5.24. The molecule has 1 aliphatic heterocycles. The molecule has 14 heavy (non-hydrogen) atoms. The molecule has 0 aromatic rings. The van der Waals surface area contributed by atoms with E-state index in [1.165, 1.54) is 38.8 Å². The van der Waals surface area contributed by atoms with E-state index in [-0.39, 0.29) is 0 Å². The van der Waals surface area contributed by atoms with Crippen molar-refractivity contribution in [3.63, 3.8) is 0 Å². The van der Waals surface area contributed by atoms with Crippen molar-refractivity contribution >= 4 is 0 Å². The molecule has 0 spiro atoms. The molecule has 0 saturated carbocycles. The van der Waals surface area contributed by atoms with Crippen LogP contribution in [-0.2, 0) is 0 Å². The SMILES string of the molecule is C#CCN(C)CCCC1CCNCC1. The van der Waals surface area contributed by atoms with Crippen LogP contribution < -0.4 is 5.32 Å². The molecule has 0 aromatic heterocycles. The molecule has 1 saturated heterocycles. The third-order valence-corrected chi connectivity index (χ3v) is 2.97. The van der Waals surface area contributed by atoms with Crippen molar-refractivity contribution in [1.82, 2.24) is 10.2 Å². The van der Waals surface area contributed by atoms with Gasteiger partial charge in [0, 0.05) is 0 Å². The highest BCUT2D eigenvalue weighted by Crippen LogP contribution is 2.17. The first-order valence-corrected chi connectivity index (χ1v) is 5.65. The van der Waals surface area contributed by atoms with Crippen molar-refractivity contribution < 1.29 is 0 Å². The summed E-state index contributed by atoms with van der Waals surface area (Å²) in [7, 11) is 2.10. The maximum absolute atomic E-state index is 5.24. The Morgan fingerprint density at radius 2 is 2.14 bits per heavy atom. The zero-order valence-electron chi connectivity index (χ0n) is 9.26. The van der Waals surface area contributed by atoms with Gasteiger partial charge in [0.25, 0.3) is 0 Å². The van der Waals surface area contributed by atoms with Crippen LogP contribution in [0.3, 0.4) is 0 Å². The molecule has 1 aliphatic rings. The van der Waals surface area contributed by atoms with Gasteiger partial charge in [-0.3, -0.25) is 4.90 Å². The topological polar surface area (TPSA) is 15.3 Å². The number of nitrogens with zero attached hydrogens (tertiary/aromatic N) is 1. The summed E-state index contributed by atoms with van der Waals surface area (Å²) in [5.41, 5.74) is 0. The molecule has 1 rings (SSSR count). The van der Waals surface area contributed by atoms with Gasteiger partial charge in [0.15, 0.2) is 0 Å². The number of hydrogen-bond donors (Lipinski definition) is 1. The first kappa shape index (κ1) is 11.6. The summed E-state index contributed by atoms with van der Waals surface area (Å²) in [6, 6.07) is 0. The van der Waals surface area contributed by atoms with Gasteiger partial charge in [-0.25, -0.2) is 0 Å². The Balaban J connectivity index is 2.00. The molecule has 0 amide bonds. The van der Waals surface area contributed by atoms with Crippen molar-refractivity contribution in [2.75, 3.05) is 33.2 Å². The smallest absolute Gasteiger partial charge is 0.0596 e. The standard InChI is InChI=1S/C12H22N2/c1-3-10-14(2)11-4-5-12-6-8-13-9-7-12/h1,12-13H,4-11H2,2H3. The average molecular weight is 194 g/mol. The molecule has 1 N–H and O–H groups in total. The number of rotatable bonds is 5. The van der Waals surface area contributed by atoms with Crippen molar-refractivity contribution in [3.8, 4) is 12.3 Å². The molecule has 0 radical (unpaired) electrons. The van der Waals surface area contributed by atoms with Crippen LogP contribution in [0.2, 0.25) is 0 Å². The van der Waals surface area contributed by atoms with Crippen molar-refractivity contribution in [2.45, 2.75) is 25.7 Å². The van der Waals surface area contributed by atoms with E-state index in [0.29, 0.717) is 0 Å². The maximum Gasteiger partial charge on any atom is 0.0596 e. The predicted molar refractivity (Wildman–Crippen MR) is 61.2 cm³/mol. The summed E-state index contributed by atoms with van der Waals surface area (Å²) >= 11 is 0. The molecule has 80 valence electrons. The Kier molecular flexibility index (Phi) is 5.66. The van der Waals surface area contributed by atoms with Crippen molar-refractivity contribution in [2.24, 2.45) is 5.92 Å². The minimum atomic E-state index is 0.784. The first-order chi connectivity index (χ1) is 6.83. The molecule has 0 atom stereocenters. The molecular weight excluding hydrogens is 172 g/mol. The van der Waals surface area contributed by atoms with Crippen LogP contribution in [0.25, 0.3) is 0 Å².